The Kier molecular flexibility index (Phi) is 2.84. The second kappa shape index (κ2) is 3.90. The van der Waals surface area contributed by atoms with Gasteiger partial charge < -0.3 is 4.74 Å². The van der Waals surface area contributed by atoms with Crippen LogP contribution in [0.25, 0.3) is 0 Å². The molecule has 0 aliphatic carbocycles. The van der Waals surface area contributed by atoms with Gasteiger partial charge in [0.15, 0.2) is 0 Å². The van der Waals surface area contributed by atoms with Crippen LogP contribution in [0, 0.1) is 0 Å². The van der Waals surface area contributed by atoms with Crippen molar-refractivity contribution >= 4 is 15.9 Å². The summed E-state index contributed by atoms with van der Waals surface area (Å²) in [5.74, 6) is 0. The van der Waals surface area contributed by atoms with E-state index < -0.39 is 0 Å². The molecule has 3 heteroatoms. The van der Waals surface area contributed by atoms with Crippen molar-refractivity contribution in [1.29, 1.82) is 0 Å². The topological polar surface area (TPSA) is 12.5 Å². The predicted octanol–water partition coefficient (Wildman–Crippen LogP) is 1.76. The Bertz CT molecular complexity index is 187. The molecule has 0 aromatic rings. The van der Waals surface area contributed by atoms with E-state index in [1.165, 1.54) is 23.9 Å². The summed E-state index contributed by atoms with van der Waals surface area (Å²) in [6, 6.07) is 0.672. The molecule has 0 bridgehead atoms. The zero-order valence-corrected chi connectivity index (χ0v) is 8.72. The summed E-state index contributed by atoms with van der Waals surface area (Å²) < 4.78 is 6.70. The van der Waals surface area contributed by atoms with Crippen LogP contribution in [0.3, 0.4) is 0 Å². The van der Waals surface area contributed by atoms with Gasteiger partial charge in [-0.3, -0.25) is 4.90 Å². The third-order valence-corrected chi connectivity index (χ3v) is 3.13. The fourth-order valence-corrected chi connectivity index (χ4v) is 2.40. The second-order valence-electron chi connectivity index (χ2n) is 3.43. The molecule has 12 heavy (non-hydrogen) atoms. The summed E-state index contributed by atoms with van der Waals surface area (Å²) in [6.45, 7) is 4.15. The zero-order valence-electron chi connectivity index (χ0n) is 7.13. The molecule has 1 fully saturated rings. The first-order chi connectivity index (χ1) is 5.86. The summed E-state index contributed by atoms with van der Waals surface area (Å²) >= 11 is 3.55. The van der Waals surface area contributed by atoms with Crippen molar-refractivity contribution in [2.24, 2.45) is 0 Å². The standard InChI is InChI=1S/C9H14BrNO/c10-8-2-1-4-11(6-8)9-3-5-12-7-9/h2,9H,1,3-7H2. The quantitative estimate of drug-likeness (QED) is 0.683. The minimum absolute atomic E-state index is 0.672. The fourth-order valence-electron chi connectivity index (χ4n) is 1.85. The lowest BCUT2D eigenvalue weighted by Gasteiger charge is -2.29. The van der Waals surface area contributed by atoms with Crippen molar-refractivity contribution in [3.8, 4) is 0 Å². The second-order valence-corrected chi connectivity index (χ2v) is 4.45. The number of ether oxygens (including phenoxy) is 1. The summed E-state index contributed by atoms with van der Waals surface area (Å²) in [6.07, 6.45) is 4.66. The van der Waals surface area contributed by atoms with Crippen molar-refractivity contribution in [3.63, 3.8) is 0 Å². The lowest BCUT2D eigenvalue weighted by atomic mass is 10.1. The number of hydrogen-bond acceptors (Lipinski definition) is 2. The van der Waals surface area contributed by atoms with Crippen molar-refractivity contribution in [2.45, 2.75) is 18.9 Å². The van der Waals surface area contributed by atoms with Gasteiger partial charge in [0.05, 0.1) is 6.61 Å². The molecule has 1 saturated heterocycles. The number of halogens is 1. The van der Waals surface area contributed by atoms with Crippen LogP contribution in [0.4, 0.5) is 0 Å². The van der Waals surface area contributed by atoms with E-state index in [0.717, 1.165) is 19.8 Å². The molecule has 2 nitrogen and oxygen atoms in total. The molecule has 2 rings (SSSR count). The van der Waals surface area contributed by atoms with E-state index in [9.17, 15) is 0 Å². The summed E-state index contributed by atoms with van der Waals surface area (Å²) in [5, 5.41) is 0. The van der Waals surface area contributed by atoms with Gasteiger partial charge in [-0.15, -0.1) is 0 Å². The maximum atomic E-state index is 5.37. The van der Waals surface area contributed by atoms with Crippen molar-refractivity contribution < 1.29 is 4.74 Å². The minimum Gasteiger partial charge on any atom is -0.380 e. The molecule has 0 aromatic carbocycles. The third-order valence-electron chi connectivity index (χ3n) is 2.56. The van der Waals surface area contributed by atoms with Crippen molar-refractivity contribution in [1.82, 2.24) is 4.90 Å². The molecule has 0 aromatic heterocycles. The average molecular weight is 232 g/mol. The van der Waals surface area contributed by atoms with Crippen LogP contribution in [0.1, 0.15) is 12.8 Å². The van der Waals surface area contributed by atoms with Gasteiger partial charge in [0, 0.05) is 30.2 Å². The Balaban J connectivity index is 1.91. The number of hydrogen-bond donors (Lipinski definition) is 0. The van der Waals surface area contributed by atoms with Crippen LogP contribution >= 0.6 is 15.9 Å². The summed E-state index contributed by atoms with van der Waals surface area (Å²) in [4.78, 5) is 2.51. The monoisotopic (exact) mass is 231 g/mol. The molecule has 1 unspecified atom stereocenters. The molecule has 1 atom stereocenters. The highest BCUT2D eigenvalue weighted by Crippen LogP contribution is 2.20. The Morgan fingerprint density at radius 3 is 3.17 bits per heavy atom. The fraction of sp³-hybridized carbons (Fsp3) is 0.778. The lowest BCUT2D eigenvalue weighted by Crippen LogP contribution is -2.38. The van der Waals surface area contributed by atoms with Gasteiger partial charge in [-0.2, -0.15) is 0 Å². The van der Waals surface area contributed by atoms with E-state index in [1.807, 2.05) is 0 Å². The average Bonchev–Trinajstić information content (AvgIpc) is 2.56. The molecule has 2 aliphatic rings. The zero-order chi connectivity index (χ0) is 8.39. The molecular formula is C9H14BrNO. The van der Waals surface area contributed by atoms with Crippen LogP contribution in [-0.2, 0) is 4.74 Å². The number of rotatable bonds is 1. The van der Waals surface area contributed by atoms with E-state index >= 15 is 0 Å². The normalized spacial score (nSPS) is 32.1. The molecule has 0 amide bonds. The van der Waals surface area contributed by atoms with E-state index in [4.69, 9.17) is 4.74 Å². The maximum absolute atomic E-state index is 5.37. The van der Waals surface area contributed by atoms with E-state index in [0.29, 0.717) is 6.04 Å². The van der Waals surface area contributed by atoms with Gasteiger partial charge in [-0.05, 0) is 12.8 Å². The molecule has 0 radical (unpaired) electrons. The molecule has 2 heterocycles. The Hall–Kier alpha value is 0.140. The molecule has 0 spiro atoms. The lowest BCUT2D eigenvalue weighted by molar-refractivity contribution is 0.150. The molecule has 0 N–H and O–H groups in total. The van der Waals surface area contributed by atoms with E-state index in [1.54, 1.807) is 0 Å². The maximum Gasteiger partial charge on any atom is 0.0622 e. The summed E-state index contributed by atoms with van der Waals surface area (Å²) in [5.41, 5.74) is 0. The molecular weight excluding hydrogens is 218 g/mol. The Labute approximate surface area is 81.7 Å². The molecule has 2 aliphatic heterocycles. The van der Waals surface area contributed by atoms with Crippen LogP contribution in [-0.4, -0.2) is 37.2 Å². The van der Waals surface area contributed by atoms with E-state index in [-0.39, 0.29) is 0 Å². The van der Waals surface area contributed by atoms with Crippen LogP contribution in [0.5, 0.6) is 0 Å². The first-order valence-electron chi connectivity index (χ1n) is 4.52. The highest BCUT2D eigenvalue weighted by molar-refractivity contribution is 9.11. The first-order valence-corrected chi connectivity index (χ1v) is 5.32. The van der Waals surface area contributed by atoms with Gasteiger partial charge in [0.2, 0.25) is 0 Å². The van der Waals surface area contributed by atoms with Gasteiger partial charge in [-0.25, -0.2) is 0 Å². The highest BCUT2D eigenvalue weighted by atomic mass is 79.9. The van der Waals surface area contributed by atoms with Gasteiger partial charge in [-0.1, -0.05) is 22.0 Å². The van der Waals surface area contributed by atoms with Gasteiger partial charge >= 0.3 is 0 Å². The van der Waals surface area contributed by atoms with Gasteiger partial charge in [0.1, 0.15) is 0 Å². The van der Waals surface area contributed by atoms with Crippen LogP contribution in [0.2, 0.25) is 0 Å². The van der Waals surface area contributed by atoms with Crippen molar-refractivity contribution in [2.75, 3.05) is 26.3 Å². The Morgan fingerprint density at radius 2 is 2.50 bits per heavy atom. The molecule has 0 saturated carbocycles. The van der Waals surface area contributed by atoms with E-state index in [2.05, 4.69) is 26.9 Å². The number of nitrogens with zero attached hydrogens (tertiary/aromatic N) is 1. The van der Waals surface area contributed by atoms with Gasteiger partial charge in [0.25, 0.3) is 0 Å². The smallest absolute Gasteiger partial charge is 0.0622 e. The minimum atomic E-state index is 0.672. The van der Waals surface area contributed by atoms with Crippen LogP contribution in [0.15, 0.2) is 10.6 Å². The van der Waals surface area contributed by atoms with Crippen LogP contribution < -0.4 is 0 Å². The third kappa shape index (κ3) is 1.90. The highest BCUT2D eigenvalue weighted by Gasteiger charge is 2.24. The molecule has 68 valence electrons. The predicted molar refractivity (Wildman–Crippen MR) is 52.4 cm³/mol. The summed E-state index contributed by atoms with van der Waals surface area (Å²) in [7, 11) is 0. The van der Waals surface area contributed by atoms with Crippen molar-refractivity contribution in [3.05, 3.63) is 10.6 Å². The Morgan fingerprint density at radius 1 is 1.58 bits per heavy atom. The SMILES string of the molecule is BrC1=CCCN(C2CCOC2)C1. The first kappa shape index (κ1) is 8.73. The largest absolute Gasteiger partial charge is 0.380 e.